The first-order valence-corrected chi connectivity index (χ1v) is 6.35. The van der Waals surface area contributed by atoms with Crippen LogP contribution < -0.4 is 10.6 Å². The van der Waals surface area contributed by atoms with Crippen molar-refractivity contribution in [2.45, 2.75) is 6.42 Å². The van der Waals surface area contributed by atoms with Crippen LogP contribution in [0, 0.1) is 0 Å². The van der Waals surface area contributed by atoms with Gasteiger partial charge in [0.25, 0.3) is 5.91 Å². The molecular formula is C14H16N4O3. The van der Waals surface area contributed by atoms with E-state index >= 15 is 0 Å². The molecule has 0 unspecified atom stereocenters. The molecule has 7 nitrogen and oxygen atoms in total. The number of imidazole rings is 1. The minimum atomic E-state index is -0.979. The number of aryl methyl sites for hydroxylation is 1. The minimum Gasteiger partial charge on any atom is -0.481 e. The zero-order chi connectivity index (χ0) is 15.4. The zero-order valence-electron chi connectivity index (χ0n) is 11.6. The highest BCUT2D eigenvalue weighted by atomic mass is 16.4. The first kappa shape index (κ1) is 14.6. The van der Waals surface area contributed by atoms with Gasteiger partial charge in [-0.25, -0.2) is 4.98 Å². The van der Waals surface area contributed by atoms with Crippen molar-refractivity contribution >= 4 is 23.3 Å². The number of benzene rings is 1. The summed E-state index contributed by atoms with van der Waals surface area (Å²) in [5.41, 5.74) is 7.16. The molecule has 0 aliphatic heterocycles. The molecule has 1 amide bonds. The fourth-order valence-corrected chi connectivity index (χ4v) is 1.97. The Labute approximate surface area is 121 Å². The first-order chi connectivity index (χ1) is 10.0. The van der Waals surface area contributed by atoms with Crippen LogP contribution in [0.3, 0.4) is 0 Å². The Balaban J connectivity index is 2.37. The zero-order valence-corrected chi connectivity index (χ0v) is 11.6. The topological polar surface area (TPSA) is 101 Å². The van der Waals surface area contributed by atoms with Crippen LogP contribution in [0.4, 0.5) is 11.4 Å². The molecule has 1 aromatic carbocycles. The molecule has 0 atom stereocenters. The van der Waals surface area contributed by atoms with Gasteiger partial charge in [-0.3, -0.25) is 9.59 Å². The van der Waals surface area contributed by atoms with Gasteiger partial charge in [0.1, 0.15) is 5.69 Å². The summed E-state index contributed by atoms with van der Waals surface area (Å²) < 4.78 is 1.58. The number of carboxylic acid groups (broad SMARTS) is 1. The SMILES string of the molecule is Cn1cncc1C(=O)N(CCC(=O)O)c1ccccc1N. The van der Waals surface area contributed by atoms with E-state index < -0.39 is 5.97 Å². The standard InChI is InChI=1S/C14H16N4O3/c1-17-9-16-8-12(17)14(21)18(7-6-13(19)20)11-5-3-2-4-10(11)15/h2-5,8-9H,6-7,15H2,1H3,(H,19,20). The predicted molar refractivity (Wildman–Crippen MR) is 78.0 cm³/mol. The second-order valence-corrected chi connectivity index (χ2v) is 4.55. The van der Waals surface area contributed by atoms with Gasteiger partial charge in [0.15, 0.2) is 0 Å². The van der Waals surface area contributed by atoms with Crippen LogP contribution in [-0.2, 0) is 11.8 Å². The molecule has 0 saturated carbocycles. The maximum absolute atomic E-state index is 12.6. The third kappa shape index (κ3) is 3.19. The summed E-state index contributed by atoms with van der Waals surface area (Å²) >= 11 is 0. The van der Waals surface area contributed by atoms with Crippen LogP contribution >= 0.6 is 0 Å². The highest BCUT2D eigenvalue weighted by Crippen LogP contribution is 2.24. The van der Waals surface area contributed by atoms with Gasteiger partial charge in [0, 0.05) is 13.6 Å². The molecule has 3 N–H and O–H groups in total. The van der Waals surface area contributed by atoms with Gasteiger partial charge in [0.2, 0.25) is 0 Å². The lowest BCUT2D eigenvalue weighted by molar-refractivity contribution is -0.136. The van der Waals surface area contributed by atoms with Crippen molar-refractivity contribution in [3.05, 3.63) is 42.5 Å². The fraction of sp³-hybridized carbons (Fsp3) is 0.214. The van der Waals surface area contributed by atoms with Crippen molar-refractivity contribution in [1.82, 2.24) is 9.55 Å². The molecule has 1 heterocycles. The van der Waals surface area contributed by atoms with E-state index in [9.17, 15) is 9.59 Å². The van der Waals surface area contributed by atoms with Crippen molar-refractivity contribution in [2.24, 2.45) is 7.05 Å². The molecule has 0 radical (unpaired) electrons. The number of carbonyl (C=O) groups excluding carboxylic acids is 1. The predicted octanol–water partition coefficient (Wildman–Crippen LogP) is 1.12. The maximum atomic E-state index is 12.6. The second-order valence-electron chi connectivity index (χ2n) is 4.55. The van der Waals surface area contributed by atoms with Gasteiger partial charge in [0.05, 0.1) is 30.3 Å². The number of carbonyl (C=O) groups is 2. The molecule has 21 heavy (non-hydrogen) atoms. The summed E-state index contributed by atoms with van der Waals surface area (Å²) in [6.45, 7) is 0.0353. The summed E-state index contributed by atoms with van der Waals surface area (Å²) in [7, 11) is 1.70. The van der Waals surface area contributed by atoms with Gasteiger partial charge < -0.3 is 20.3 Å². The summed E-state index contributed by atoms with van der Waals surface area (Å²) in [4.78, 5) is 28.7. The molecule has 0 spiro atoms. The van der Waals surface area contributed by atoms with Crippen LogP contribution in [0.5, 0.6) is 0 Å². The number of aromatic nitrogens is 2. The smallest absolute Gasteiger partial charge is 0.305 e. The Morgan fingerprint density at radius 1 is 1.38 bits per heavy atom. The Kier molecular flexibility index (Phi) is 4.22. The summed E-state index contributed by atoms with van der Waals surface area (Å²) in [6, 6.07) is 6.85. The first-order valence-electron chi connectivity index (χ1n) is 6.35. The number of carboxylic acids is 1. The molecule has 1 aromatic heterocycles. The van der Waals surface area contributed by atoms with E-state index in [1.54, 1.807) is 35.9 Å². The third-order valence-electron chi connectivity index (χ3n) is 3.06. The van der Waals surface area contributed by atoms with E-state index in [0.29, 0.717) is 17.1 Å². The fourth-order valence-electron chi connectivity index (χ4n) is 1.97. The maximum Gasteiger partial charge on any atom is 0.305 e. The van der Waals surface area contributed by atoms with Crippen LogP contribution in [0.15, 0.2) is 36.8 Å². The van der Waals surface area contributed by atoms with Crippen molar-refractivity contribution < 1.29 is 14.7 Å². The monoisotopic (exact) mass is 288 g/mol. The number of hydrogen-bond donors (Lipinski definition) is 2. The van der Waals surface area contributed by atoms with Crippen molar-refractivity contribution in [3.8, 4) is 0 Å². The molecule has 2 aromatic rings. The molecule has 0 aliphatic carbocycles. The second kappa shape index (κ2) is 6.08. The van der Waals surface area contributed by atoms with Crippen LogP contribution in [-0.4, -0.2) is 33.1 Å². The third-order valence-corrected chi connectivity index (χ3v) is 3.06. The van der Waals surface area contributed by atoms with Gasteiger partial charge in [-0.1, -0.05) is 12.1 Å². The lowest BCUT2D eigenvalue weighted by Crippen LogP contribution is -2.34. The number of hydrogen-bond acceptors (Lipinski definition) is 4. The van der Waals surface area contributed by atoms with E-state index in [-0.39, 0.29) is 18.9 Å². The molecule has 2 rings (SSSR count). The Morgan fingerprint density at radius 2 is 2.10 bits per heavy atom. The van der Waals surface area contributed by atoms with Gasteiger partial charge in [-0.15, -0.1) is 0 Å². The molecule has 0 saturated heterocycles. The number of aliphatic carboxylic acids is 1. The highest BCUT2D eigenvalue weighted by Gasteiger charge is 2.22. The molecule has 110 valence electrons. The van der Waals surface area contributed by atoms with Gasteiger partial charge in [-0.05, 0) is 12.1 Å². The number of nitrogen functional groups attached to an aromatic ring is 1. The number of rotatable bonds is 5. The quantitative estimate of drug-likeness (QED) is 0.803. The van der Waals surface area contributed by atoms with Gasteiger partial charge >= 0.3 is 5.97 Å². The summed E-state index contributed by atoms with van der Waals surface area (Å²) in [5.74, 6) is -1.32. The number of nitrogens with two attached hydrogens (primary N) is 1. The largest absolute Gasteiger partial charge is 0.481 e. The van der Waals surface area contributed by atoms with E-state index in [1.807, 2.05) is 0 Å². The summed E-state index contributed by atoms with van der Waals surface area (Å²) in [6.07, 6.45) is 2.78. The molecule has 7 heteroatoms. The van der Waals surface area contributed by atoms with E-state index in [4.69, 9.17) is 10.8 Å². The number of para-hydroxylation sites is 2. The Bertz CT molecular complexity index is 666. The van der Waals surface area contributed by atoms with Crippen molar-refractivity contribution in [2.75, 3.05) is 17.2 Å². The molecule has 0 bridgehead atoms. The van der Waals surface area contributed by atoms with E-state index in [0.717, 1.165) is 0 Å². The van der Waals surface area contributed by atoms with E-state index in [1.165, 1.54) is 17.4 Å². The van der Waals surface area contributed by atoms with E-state index in [2.05, 4.69) is 4.98 Å². The number of anilines is 2. The van der Waals surface area contributed by atoms with Crippen molar-refractivity contribution in [3.63, 3.8) is 0 Å². The number of nitrogens with zero attached hydrogens (tertiary/aromatic N) is 3. The molecule has 0 aliphatic rings. The summed E-state index contributed by atoms with van der Waals surface area (Å²) in [5, 5.41) is 8.86. The van der Waals surface area contributed by atoms with Crippen LogP contribution in [0.25, 0.3) is 0 Å². The average molecular weight is 288 g/mol. The average Bonchev–Trinajstić information content (AvgIpc) is 2.86. The lowest BCUT2D eigenvalue weighted by atomic mass is 10.2. The van der Waals surface area contributed by atoms with Crippen LogP contribution in [0.1, 0.15) is 16.9 Å². The number of amides is 1. The normalized spacial score (nSPS) is 10.3. The Hall–Kier alpha value is -2.83. The van der Waals surface area contributed by atoms with Gasteiger partial charge in [-0.2, -0.15) is 0 Å². The van der Waals surface area contributed by atoms with Crippen molar-refractivity contribution in [1.29, 1.82) is 0 Å². The molecular weight excluding hydrogens is 272 g/mol. The Morgan fingerprint density at radius 3 is 2.67 bits per heavy atom. The molecule has 0 fully saturated rings. The van der Waals surface area contributed by atoms with Crippen LogP contribution in [0.2, 0.25) is 0 Å². The minimum absolute atomic E-state index is 0.0353. The lowest BCUT2D eigenvalue weighted by Gasteiger charge is -2.23. The highest BCUT2D eigenvalue weighted by molar-refractivity contribution is 6.06.